The molecule has 0 aromatic heterocycles. The lowest BCUT2D eigenvalue weighted by molar-refractivity contribution is -0.143. The number of hydrogen-bond donors (Lipinski definition) is 3. The molecule has 2 rings (SSSR count). The largest absolute Gasteiger partial charge is 0.504 e. The number of carboxylic acid groups (broad SMARTS) is 1. The maximum Gasteiger partial charge on any atom is 0.306 e. The number of carbonyl (C=O) groups is 1. The number of phenols is 2. The lowest BCUT2D eigenvalue weighted by atomic mass is 9.97. The molecule has 1 aliphatic heterocycles. The topological polar surface area (TPSA) is 81.0 Å². The van der Waals surface area contributed by atoms with Crippen molar-refractivity contribution in [2.75, 3.05) is 13.1 Å². The highest BCUT2D eigenvalue weighted by Gasteiger charge is 2.24. The van der Waals surface area contributed by atoms with Crippen molar-refractivity contribution in [2.24, 2.45) is 5.92 Å². The molecule has 0 unspecified atom stereocenters. The van der Waals surface area contributed by atoms with Gasteiger partial charge in [-0.1, -0.05) is 6.07 Å². The van der Waals surface area contributed by atoms with Crippen molar-refractivity contribution in [3.8, 4) is 11.5 Å². The van der Waals surface area contributed by atoms with Crippen molar-refractivity contribution in [1.29, 1.82) is 0 Å². The first-order valence-electron chi connectivity index (χ1n) is 6.02. The number of hydrogen-bond acceptors (Lipinski definition) is 4. The Morgan fingerprint density at radius 3 is 2.44 bits per heavy atom. The fraction of sp³-hybridized carbons (Fsp3) is 0.462. The van der Waals surface area contributed by atoms with Crippen LogP contribution < -0.4 is 0 Å². The van der Waals surface area contributed by atoms with Gasteiger partial charge in [-0.2, -0.15) is 0 Å². The number of benzene rings is 1. The van der Waals surface area contributed by atoms with E-state index in [-0.39, 0.29) is 17.4 Å². The quantitative estimate of drug-likeness (QED) is 0.707. The monoisotopic (exact) mass is 251 g/mol. The van der Waals surface area contributed by atoms with Crippen LogP contribution in [0.4, 0.5) is 0 Å². The van der Waals surface area contributed by atoms with E-state index in [2.05, 4.69) is 4.90 Å². The average Bonchev–Trinajstić information content (AvgIpc) is 2.34. The lowest BCUT2D eigenvalue weighted by Gasteiger charge is -2.30. The molecule has 1 heterocycles. The molecule has 1 aromatic rings. The van der Waals surface area contributed by atoms with Crippen LogP contribution in [0.25, 0.3) is 0 Å². The summed E-state index contributed by atoms with van der Waals surface area (Å²) < 4.78 is 0. The third-order valence-corrected chi connectivity index (χ3v) is 3.38. The van der Waals surface area contributed by atoms with Crippen LogP contribution in [-0.2, 0) is 11.3 Å². The molecule has 0 radical (unpaired) electrons. The molecule has 1 fully saturated rings. The van der Waals surface area contributed by atoms with Crippen LogP contribution in [0.1, 0.15) is 18.4 Å². The number of carboxylic acids is 1. The normalized spacial score (nSPS) is 17.8. The van der Waals surface area contributed by atoms with E-state index in [9.17, 15) is 15.0 Å². The molecule has 0 spiro atoms. The third kappa shape index (κ3) is 2.92. The van der Waals surface area contributed by atoms with Gasteiger partial charge in [-0.3, -0.25) is 9.69 Å². The van der Waals surface area contributed by atoms with Gasteiger partial charge in [-0.15, -0.1) is 0 Å². The van der Waals surface area contributed by atoms with E-state index in [0.29, 0.717) is 19.4 Å². The second-order valence-corrected chi connectivity index (χ2v) is 4.71. The first kappa shape index (κ1) is 12.7. The Kier molecular flexibility index (Phi) is 3.72. The maximum absolute atomic E-state index is 10.8. The molecule has 5 heteroatoms. The summed E-state index contributed by atoms with van der Waals surface area (Å²) in [4.78, 5) is 13.0. The van der Waals surface area contributed by atoms with Crippen molar-refractivity contribution >= 4 is 5.97 Å². The average molecular weight is 251 g/mol. The summed E-state index contributed by atoms with van der Waals surface area (Å²) in [6, 6.07) is 4.77. The number of likely N-dealkylation sites (tertiary alicyclic amines) is 1. The summed E-state index contributed by atoms with van der Waals surface area (Å²) in [6.45, 7) is 2.16. The fourth-order valence-corrected chi connectivity index (χ4v) is 2.26. The van der Waals surface area contributed by atoms with Crippen LogP contribution in [-0.4, -0.2) is 39.3 Å². The molecule has 5 nitrogen and oxygen atoms in total. The zero-order chi connectivity index (χ0) is 13.1. The van der Waals surface area contributed by atoms with Crippen molar-refractivity contribution in [3.63, 3.8) is 0 Å². The maximum atomic E-state index is 10.8. The van der Waals surface area contributed by atoms with Crippen LogP contribution in [0.15, 0.2) is 18.2 Å². The minimum Gasteiger partial charge on any atom is -0.504 e. The predicted octanol–water partition coefficient (Wildman–Crippen LogP) is 1.39. The number of rotatable bonds is 3. The zero-order valence-corrected chi connectivity index (χ0v) is 10.0. The smallest absolute Gasteiger partial charge is 0.306 e. The summed E-state index contributed by atoms with van der Waals surface area (Å²) in [7, 11) is 0. The fourth-order valence-electron chi connectivity index (χ4n) is 2.26. The Balaban J connectivity index is 1.91. The standard InChI is InChI=1S/C13H17NO4/c15-11-2-1-9(7-12(11)16)8-14-5-3-10(4-6-14)13(17)18/h1-2,7,10,15-16H,3-6,8H2,(H,17,18). The molecule has 0 bridgehead atoms. The van der Waals surface area contributed by atoms with Crippen LogP contribution in [0, 0.1) is 5.92 Å². The highest BCUT2D eigenvalue weighted by Crippen LogP contribution is 2.26. The SMILES string of the molecule is O=C(O)C1CCN(Cc2ccc(O)c(O)c2)CC1. The highest BCUT2D eigenvalue weighted by atomic mass is 16.4. The third-order valence-electron chi connectivity index (χ3n) is 3.38. The van der Waals surface area contributed by atoms with Gasteiger partial charge in [0.1, 0.15) is 0 Å². The summed E-state index contributed by atoms with van der Waals surface area (Å²) in [5.74, 6) is -1.18. The van der Waals surface area contributed by atoms with Gasteiger partial charge in [0, 0.05) is 6.54 Å². The van der Waals surface area contributed by atoms with Gasteiger partial charge < -0.3 is 15.3 Å². The number of aliphatic carboxylic acids is 1. The predicted molar refractivity (Wildman–Crippen MR) is 65.4 cm³/mol. The highest BCUT2D eigenvalue weighted by molar-refractivity contribution is 5.70. The molecule has 0 amide bonds. The molecular formula is C13H17NO4. The molecular weight excluding hydrogens is 234 g/mol. The first-order chi connectivity index (χ1) is 8.56. The minimum absolute atomic E-state index is 0.118. The summed E-state index contributed by atoms with van der Waals surface area (Å²) in [5.41, 5.74) is 0.916. The van der Waals surface area contributed by atoms with Gasteiger partial charge in [-0.25, -0.2) is 0 Å². The van der Waals surface area contributed by atoms with Crippen molar-refractivity contribution in [3.05, 3.63) is 23.8 Å². The van der Waals surface area contributed by atoms with Gasteiger partial charge in [0.2, 0.25) is 0 Å². The van der Waals surface area contributed by atoms with Crippen LogP contribution in [0.2, 0.25) is 0 Å². The number of piperidine rings is 1. The summed E-state index contributed by atoms with van der Waals surface area (Å²) in [5, 5.41) is 27.5. The Bertz CT molecular complexity index is 439. The number of aromatic hydroxyl groups is 2. The molecule has 3 N–H and O–H groups in total. The van der Waals surface area contributed by atoms with Crippen molar-refractivity contribution in [1.82, 2.24) is 4.90 Å². The second kappa shape index (κ2) is 5.27. The first-order valence-corrected chi connectivity index (χ1v) is 6.02. The van der Waals surface area contributed by atoms with Gasteiger partial charge in [0.05, 0.1) is 5.92 Å². The van der Waals surface area contributed by atoms with Gasteiger partial charge >= 0.3 is 5.97 Å². The summed E-state index contributed by atoms with van der Waals surface area (Å²) in [6.07, 6.45) is 1.33. The minimum atomic E-state index is -0.711. The van der Waals surface area contributed by atoms with E-state index in [4.69, 9.17) is 5.11 Å². The van der Waals surface area contributed by atoms with Crippen molar-refractivity contribution < 1.29 is 20.1 Å². The second-order valence-electron chi connectivity index (χ2n) is 4.71. The van der Waals surface area contributed by atoms with Gasteiger partial charge in [0.25, 0.3) is 0 Å². The van der Waals surface area contributed by atoms with E-state index >= 15 is 0 Å². The van der Waals surface area contributed by atoms with E-state index in [1.165, 1.54) is 6.07 Å². The molecule has 0 atom stereocenters. The van der Waals surface area contributed by atoms with Gasteiger partial charge in [-0.05, 0) is 43.6 Å². The van der Waals surface area contributed by atoms with E-state index in [1.54, 1.807) is 12.1 Å². The van der Waals surface area contributed by atoms with Crippen LogP contribution in [0.3, 0.4) is 0 Å². The zero-order valence-electron chi connectivity index (χ0n) is 10.0. The molecule has 1 saturated heterocycles. The molecule has 1 aliphatic rings. The molecule has 98 valence electrons. The summed E-state index contributed by atoms with van der Waals surface area (Å²) >= 11 is 0. The Morgan fingerprint density at radius 2 is 1.89 bits per heavy atom. The lowest BCUT2D eigenvalue weighted by Crippen LogP contribution is -2.35. The van der Waals surface area contributed by atoms with Crippen LogP contribution >= 0.6 is 0 Å². The Hall–Kier alpha value is -1.75. The molecule has 18 heavy (non-hydrogen) atoms. The van der Waals surface area contributed by atoms with E-state index in [1.807, 2.05) is 0 Å². The van der Waals surface area contributed by atoms with Crippen molar-refractivity contribution in [2.45, 2.75) is 19.4 Å². The molecule has 1 aromatic carbocycles. The Labute approximate surface area is 105 Å². The number of nitrogens with zero attached hydrogens (tertiary/aromatic N) is 1. The number of phenolic OH excluding ortho intramolecular Hbond substituents is 2. The van der Waals surface area contributed by atoms with Crippen LogP contribution in [0.5, 0.6) is 11.5 Å². The molecule has 0 aliphatic carbocycles. The van der Waals surface area contributed by atoms with Gasteiger partial charge in [0.15, 0.2) is 11.5 Å². The van der Waals surface area contributed by atoms with E-state index < -0.39 is 5.97 Å². The van der Waals surface area contributed by atoms with E-state index in [0.717, 1.165) is 18.7 Å². The molecule has 0 saturated carbocycles. The Morgan fingerprint density at radius 1 is 1.22 bits per heavy atom.